The predicted molar refractivity (Wildman–Crippen MR) is 154 cm³/mol. The van der Waals surface area contributed by atoms with Gasteiger partial charge in [0.05, 0.1) is 36.1 Å². The first kappa shape index (κ1) is 29.6. The molecule has 0 bridgehead atoms. The Kier molecular flexibility index (Phi) is 8.43. The van der Waals surface area contributed by atoms with E-state index in [2.05, 4.69) is 15.1 Å². The van der Waals surface area contributed by atoms with Crippen LogP contribution in [0.15, 0.2) is 53.8 Å². The van der Waals surface area contributed by atoms with Crippen LogP contribution in [-0.4, -0.2) is 68.1 Å². The quantitative estimate of drug-likeness (QED) is 0.244. The van der Waals surface area contributed by atoms with Gasteiger partial charge in [-0.1, -0.05) is 18.6 Å². The van der Waals surface area contributed by atoms with E-state index in [0.717, 1.165) is 54.4 Å². The van der Waals surface area contributed by atoms with Gasteiger partial charge in [0.1, 0.15) is 12.2 Å². The summed E-state index contributed by atoms with van der Waals surface area (Å²) in [6, 6.07) is 8.66. The summed E-state index contributed by atoms with van der Waals surface area (Å²) in [5.74, 6) is 1.21. The zero-order valence-corrected chi connectivity index (χ0v) is 24.5. The lowest BCUT2D eigenvalue weighted by Crippen LogP contribution is -2.39. The van der Waals surface area contributed by atoms with Gasteiger partial charge in [-0.25, -0.2) is 4.79 Å². The van der Waals surface area contributed by atoms with E-state index in [1.807, 2.05) is 29.8 Å². The number of hydrogen-bond donors (Lipinski definition) is 0. The minimum atomic E-state index is -4.63. The van der Waals surface area contributed by atoms with E-state index in [9.17, 15) is 18.0 Å². The Hall–Kier alpha value is -3.48. The van der Waals surface area contributed by atoms with Crippen LogP contribution in [0.1, 0.15) is 60.5 Å². The van der Waals surface area contributed by atoms with Crippen LogP contribution in [0.2, 0.25) is 0 Å². The minimum absolute atomic E-state index is 0.00360. The number of rotatable bonds is 10. The number of aromatic nitrogens is 5. The Morgan fingerprint density at radius 3 is 2.63 bits per heavy atom. The molecule has 1 saturated carbocycles. The third-order valence-electron chi connectivity index (χ3n) is 8.79. The van der Waals surface area contributed by atoms with E-state index in [0.29, 0.717) is 36.9 Å². The Morgan fingerprint density at radius 2 is 1.93 bits per heavy atom. The summed E-state index contributed by atoms with van der Waals surface area (Å²) >= 11 is 0. The molecule has 4 aromatic rings. The Bertz CT molecular complexity index is 1620. The summed E-state index contributed by atoms with van der Waals surface area (Å²) in [5.41, 5.74) is 0.364. The van der Waals surface area contributed by atoms with Crippen LogP contribution < -0.4 is 5.69 Å². The zero-order valence-electron chi connectivity index (χ0n) is 24.5. The maximum atomic E-state index is 14.4. The van der Waals surface area contributed by atoms with Gasteiger partial charge in [-0.2, -0.15) is 13.2 Å². The fourth-order valence-electron chi connectivity index (χ4n) is 6.44. The van der Waals surface area contributed by atoms with Crippen LogP contribution in [-0.2, 0) is 29.2 Å². The van der Waals surface area contributed by atoms with Crippen LogP contribution >= 0.6 is 0 Å². The number of halogens is 3. The van der Waals surface area contributed by atoms with Crippen LogP contribution in [0.4, 0.5) is 13.2 Å². The Morgan fingerprint density at radius 1 is 1.09 bits per heavy atom. The van der Waals surface area contributed by atoms with E-state index >= 15 is 0 Å². The van der Waals surface area contributed by atoms with Crippen LogP contribution in [0.25, 0.3) is 11.2 Å². The van der Waals surface area contributed by atoms with Crippen LogP contribution in [0, 0.1) is 5.92 Å². The standard InChI is InChI=1S/C31H37F3N6O3/c1-37-20-35-36-29(37)28(22-6-3-7-22)23-8-4-9-24(15-23)39-19-27-26(31(32,33)34)14-21(17-40(27)30(39)41)16-38-11-5-10-25(18-38)43-13-12-42-2/h4,8-9,14-15,17,19-20,22,25,28H,3,5-7,10-13,16,18H2,1-2H3/t25-,28+/m0/s1. The number of hydrogen-bond acceptors (Lipinski definition) is 6. The number of methoxy groups -OCH3 is 1. The first-order chi connectivity index (χ1) is 20.7. The third-order valence-corrected chi connectivity index (χ3v) is 8.79. The van der Waals surface area contributed by atoms with Crippen molar-refractivity contribution in [3.05, 3.63) is 82.1 Å². The Labute approximate surface area is 247 Å². The molecule has 2 aliphatic rings. The molecule has 0 unspecified atom stereocenters. The molecule has 230 valence electrons. The summed E-state index contributed by atoms with van der Waals surface area (Å²) in [6.07, 6.45) is 4.93. The fraction of sp³-hybridized carbons (Fsp3) is 0.516. The molecule has 2 fully saturated rings. The van der Waals surface area contributed by atoms with E-state index in [1.54, 1.807) is 25.7 Å². The van der Waals surface area contributed by atoms with Gasteiger partial charge in [0.15, 0.2) is 0 Å². The second-order valence-electron chi connectivity index (χ2n) is 11.7. The van der Waals surface area contributed by atoms with Gasteiger partial charge in [0.2, 0.25) is 0 Å². The maximum absolute atomic E-state index is 14.4. The van der Waals surface area contributed by atoms with Gasteiger partial charge in [-0.3, -0.25) is 13.9 Å². The first-order valence-corrected chi connectivity index (χ1v) is 14.8. The molecule has 0 spiro atoms. The second kappa shape index (κ2) is 12.3. The van der Waals surface area contributed by atoms with Gasteiger partial charge >= 0.3 is 11.9 Å². The van der Waals surface area contributed by atoms with Crippen molar-refractivity contribution < 1.29 is 22.6 Å². The highest BCUT2D eigenvalue weighted by Crippen LogP contribution is 2.43. The lowest BCUT2D eigenvalue weighted by molar-refractivity contribution is -0.136. The minimum Gasteiger partial charge on any atom is -0.382 e. The lowest BCUT2D eigenvalue weighted by atomic mass is 9.72. The van der Waals surface area contributed by atoms with Crippen molar-refractivity contribution in [2.24, 2.45) is 13.0 Å². The Balaban J connectivity index is 1.34. The smallest absolute Gasteiger partial charge is 0.382 e. The molecule has 12 heteroatoms. The monoisotopic (exact) mass is 598 g/mol. The van der Waals surface area contributed by atoms with E-state index < -0.39 is 17.4 Å². The number of aryl methyl sites for hydroxylation is 1. The second-order valence-corrected chi connectivity index (χ2v) is 11.7. The van der Waals surface area contributed by atoms with E-state index in [4.69, 9.17) is 9.47 Å². The molecule has 43 heavy (non-hydrogen) atoms. The molecule has 6 rings (SSSR count). The third kappa shape index (κ3) is 6.13. The molecule has 0 amide bonds. The molecule has 0 radical (unpaired) electrons. The van der Waals surface area contributed by atoms with Gasteiger partial charge < -0.3 is 14.0 Å². The van der Waals surface area contributed by atoms with Crippen molar-refractivity contribution in [3.63, 3.8) is 0 Å². The summed E-state index contributed by atoms with van der Waals surface area (Å²) in [5, 5.41) is 8.44. The zero-order chi connectivity index (χ0) is 30.1. The van der Waals surface area contributed by atoms with E-state index in [1.165, 1.54) is 16.8 Å². The van der Waals surface area contributed by atoms with Crippen molar-refractivity contribution >= 4 is 5.52 Å². The van der Waals surface area contributed by atoms with E-state index in [-0.39, 0.29) is 24.1 Å². The average Bonchev–Trinajstić information content (AvgIpc) is 3.52. The highest BCUT2D eigenvalue weighted by molar-refractivity contribution is 5.58. The van der Waals surface area contributed by atoms with Gasteiger partial charge in [-0.05, 0) is 67.5 Å². The van der Waals surface area contributed by atoms with Gasteiger partial charge in [0.25, 0.3) is 0 Å². The topological polar surface area (TPSA) is 78.8 Å². The lowest BCUT2D eigenvalue weighted by Gasteiger charge is -2.33. The molecule has 9 nitrogen and oxygen atoms in total. The number of likely N-dealkylation sites (tertiary alicyclic amines) is 1. The summed E-state index contributed by atoms with van der Waals surface area (Å²) in [6.45, 7) is 2.62. The number of imidazole rings is 1. The number of pyridine rings is 1. The SMILES string of the molecule is COCCO[C@H]1CCCN(Cc2cc(C(F)(F)F)c3cn(-c4cccc([C@H](c5nncn5C)C5CCC5)c4)c(=O)n3c2)C1. The molecule has 1 aliphatic heterocycles. The molecule has 1 aromatic carbocycles. The number of ether oxygens (including phenoxy) is 2. The molecule has 4 heterocycles. The van der Waals surface area contributed by atoms with Crippen molar-refractivity contribution in [3.8, 4) is 5.69 Å². The number of piperidine rings is 1. The van der Waals surface area contributed by atoms with Crippen molar-refractivity contribution in [2.75, 3.05) is 33.4 Å². The van der Waals surface area contributed by atoms with Crippen molar-refractivity contribution in [1.82, 2.24) is 28.6 Å². The number of nitrogens with zero attached hydrogens (tertiary/aromatic N) is 6. The molecular weight excluding hydrogens is 561 g/mol. The molecular formula is C31H37F3N6O3. The van der Waals surface area contributed by atoms with Crippen LogP contribution in [0.3, 0.4) is 0 Å². The molecule has 2 atom stereocenters. The highest BCUT2D eigenvalue weighted by Gasteiger charge is 2.36. The number of benzene rings is 1. The summed E-state index contributed by atoms with van der Waals surface area (Å²) in [4.78, 5) is 15.8. The predicted octanol–water partition coefficient (Wildman–Crippen LogP) is 4.80. The largest absolute Gasteiger partial charge is 0.418 e. The molecule has 0 N–H and O–H groups in total. The highest BCUT2D eigenvalue weighted by atomic mass is 19.4. The first-order valence-electron chi connectivity index (χ1n) is 14.8. The maximum Gasteiger partial charge on any atom is 0.418 e. The molecule has 1 saturated heterocycles. The fourth-order valence-corrected chi connectivity index (χ4v) is 6.44. The molecule has 3 aromatic heterocycles. The number of fused-ring (bicyclic) bond motifs is 1. The van der Waals surface area contributed by atoms with Gasteiger partial charge in [0, 0.05) is 45.6 Å². The normalized spacial score (nSPS) is 19.1. The van der Waals surface area contributed by atoms with Crippen molar-refractivity contribution in [2.45, 2.75) is 56.8 Å². The average molecular weight is 599 g/mol. The summed E-state index contributed by atoms with van der Waals surface area (Å²) in [7, 11) is 3.52. The summed E-state index contributed by atoms with van der Waals surface area (Å²) < 4.78 is 58.4. The molecule has 1 aliphatic carbocycles. The van der Waals surface area contributed by atoms with Crippen molar-refractivity contribution in [1.29, 1.82) is 0 Å². The van der Waals surface area contributed by atoms with Crippen LogP contribution in [0.5, 0.6) is 0 Å². The number of alkyl halides is 3. The van der Waals surface area contributed by atoms with Gasteiger partial charge in [-0.15, -0.1) is 10.2 Å².